The zero-order chi connectivity index (χ0) is 18.0. The molecule has 6 nitrogen and oxygen atoms in total. The van der Waals surface area contributed by atoms with Gasteiger partial charge in [0.2, 0.25) is 0 Å². The molecule has 1 fully saturated rings. The lowest BCUT2D eigenvalue weighted by molar-refractivity contribution is -0.141. The van der Waals surface area contributed by atoms with E-state index in [1.165, 1.54) is 0 Å². The van der Waals surface area contributed by atoms with E-state index < -0.39 is 17.5 Å². The average Bonchev–Trinajstić information content (AvgIpc) is 2.83. The number of carbonyl (C=O) groups excluding carboxylic acids is 1. The molecule has 0 saturated carbocycles. The molecule has 1 aliphatic rings. The van der Waals surface area contributed by atoms with Crippen LogP contribution in [0.25, 0.3) is 0 Å². The van der Waals surface area contributed by atoms with Crippen molar-refractivity contribution in [2.75, 3.05) is 13.7 Å². The van der Waals surface area contributed by atoms with E-state index in [-0.39, 0.29) is 12.1 Å². The van der Waals surface area contributed by atoms with Crippen molar-refractivity contribution in [2.24, 2.45) is 0 Å². The Morgan fingerprint density at radius 3 is 2.38 bits per heavy atom. The second-order valence-corrected chi connectivity index (χ2v) is 7.26. The van der Waals surface area contributed by atoms with Crippen LogP contribution in [0.5, 0.6) is 5.75 Å². The monoisotopic (exact) mass is 337 g/mol. The molecular weight excluding hydrogens is 310 g/mol. The van der Waals surface area contributed by atoms with Crippen LogP contribution in [-0.4, -0.2) is 37.3 Å². The van der Waals surface area contributed by atoms with Crippen molar-refractivity contribution in [3.05, 3.63) is 29.8 Å². The van der Waals surface area contributed by atoms with Crippen molar-refractivity contribution >= 4 is 6.09 Å². The van der Waals surface area contributed by atoms with Gasteiger partial charge >= 0.3 is 6.09 Å². The van der Waals surface area contributed by atoms with Crippen LogP contribution in [0.1, 0.15) is 46.2 Å². The van der Waals surface area contributed by atoms with E-state index in [9.17, 15) is 4.79 Å². The summed E-state index contributed by atoms with van der Waals surface area (Å²) in [5.74, 6) is 0.0732. The summed E-state index contributed by atoms with van der Waals surface area (Å²) < 4.78 is 22.1. The molecule has 1 saturated heterocycles. The smallest absolute Gasteiger partial charge is 0.408 e. The second-order valence-electron chi connectivity index (χ2n) is 7.26. The fourth-order valence-corrected chi connectivity index (χ4v) is 2.52. The first-order valence-corrected chi connectivity index (χ1v) is 8.05. The Balaban J connectivity index is 2.19. The van der Waals surface area contributed by atoms with Gasteiger partial charge in [0.1, 0.15) is 17.5 Å². The fraction of sp³-hybridized carbons (Fsp3) is 0.611. The minimum absolute atomic E-state index is 0.305. The number of hydrogen-bond acceptors (Lipinski definition) is 5. The number of hydrogen-bond donors (Lipinski definition) is 1. The van der Waals surface area contributed by atoms with E-state index in [0.717, 1.165) is 11.3 Å². The van der Waals surface area contributed by atoms with Gasteiger partial charge in [0, 0.05) is 0 Å². The first-order valence-electron chi connectivity index (χ1n) is 8.05. The number of alkyl carbamates (subject to hydrolysis) is 1. The van der Waals surface area contributed by atoms with Gasteiger partial charge in [-0.25, -0.2) is 4.79 Å². The van der Waals surface area contributed by atoms with Gasteiger partial charge in [0.25, 0.3) is 0 Å². The summed E-state index contributed by atoms with van der Waals surface area (Å²) in [5, 5.41) is 2.90. The van der Waals surface area contributed by atoms with Gasteiger partial charge in [-0.1, -0.05) is 12.1 Å². The number of benzene rings is 1. The lowest BCUT2D eigenvalue weighted by Crippen LogP contribution is -2.41. The normalized spacial score (nSPS) is 21.2. The highest BCUT2D eigenvalue weighted by Gasteiger charge is 2.39. The van der Waals surface area contributed by atoms with Gasteiger partial charge in [0.05, 0.1) is 19.8 Å². The molecule has 1 aliphatic heterocycles. The van der Waals surface area contributed by atoms with Gasteiger partial charge < -0.3 is 24.3 Å². The standard InChI is InChI=1S/C18H27NO5/c1-17(2,3)24-16(20)19-15(14-11-22-18(4,5)23-14)12-7-9-13(21-6)10-8-12/h7-10,14-15H,11H2,1-6H3,(H,19,20)/t14-,15-/m1/s1. The highest BCUT2D eigenvalue weighted by molar-refractivity contribution is 5.68. The number of ether oxygens (including phenoxy) is 4. The van der Waals surface area contributed by atoms with Crippen LogP contribution in [0.2, 0.25) is 0 Å². The molecule has 1 N–H and O–H groups in total. The first kappa shape index (κ1) is 18.5. The maximum atomic E-state index is 12.2. The van der Waals surface area contributed by atoms with Crippen molar-refractivity contribution in [1.29, 1.82) is 0 Å². The number of carbonyl (C=O) groups is 1. The SMILES string of the molecule is COc1ccc([C@@H](NC(=O)OC(C)(C)C)[C@H]2COC(C)(C)O2)cc1. The Morgan fingerprint density at radius 2 is 1.92 bits per heavy atom. The predicted octanol–water partition coefficient (Wildman–Crippen LogP) is 3.41. The zero-order valence-corrected chi connectivity index (χ0v) is 15.2. The van der Waals surface area contributed by atoms with Crippen LogP contribution in [0.3, 0.4) is 0 Å². The predicted molar refractivity (Wildman–Crippen MR) is 90.0 cm³/mol. The van der Waals surface area contributed by atoms with Gasteiger partial charge in [-0.15, -0.1) is 0 Å². The largest absolute Gasteiger partial charge is 0.497 e. The number of methoxy groups -OCH3 is 1. The van der Waals surface area contributed by atoms with E-state index >= 15 is 0 Å². The minimum atomic E-state index is -0.676. The van der Waals surface area contributed by atoms with Crippen molar-refractivity contribution < 1.29 is 23.7 Å². The molecule has 0 aliphatic carbocycles. The summed E-state index contributed by atoms with van der Waals surface area (Å²) in [6.45, 7) is 9.57. The summed E-state index contributed by atoms with van der Waals surface area (Å²) in [7, 11) is 1.61. The highest BCUT2D eigenvalue weighted by Crippen LogP contribution is 2.31. The van der Waals surface area contributed by atoms with Crippen molar-refractivity contribution in [3.63, 3.8) is 0 Å². The first-order chi connectivity index (χ1) is 11.1. The molecule has 0 unspecified atom stereocenters. The van der Waals surface area contributed by atoms with Gasteiger partial charge in [-0.3, -0.25) is 0 Å². The molecular formula is C18H27NO5. The summed E-state index contributed by atoms with van der Waals surface area (Å²) in [6, 6.07) is 7.11. The van der Waals surface area contributed by atoms with E-state index in [4.69, 9.17) is 18.9 Å². The number of amides is 1. The van der Waals surface area contributed by atoms with Crippen LogP contribution in [-0.2, 0) is 14.2 Å². The molecule has 0 spiro atoms. The van der Waals surface area contributed by atoms with Crippen LogP contribution in [0, 0.1) is 0 Å². The van der Waals surface area contributed by atoms with Crippen LogP contribution < -0.4 is 10.1 Å². The molecule has 1 amide bonds. The average molecular weight is 337 g/mol. The van der Waals surface area contributed by atoms with E-state index in [1.54, 1.807) is 7.11 Å². The molecule has 2 atom stereocenters. The molecule has 0 aromatic heterocycles. The molecule has 1 aromatic carbocycles. The number of nitrogens with one attached hydrogen (secondary N) is 1. The van der Waals surface area contributed by atoms with Gasteiger partial charge in [0.15, 0.2) is 5.79 Å². The van der Waals surface area contributed by atoms with Gasteiger partial charge in [-0.2, -0.15) is 0 Å². The van der Waals surface area contributed by atoms with E-state index in [2.05, 4.69) is 5.32 Å². The molecule has 24 heavy (non-hydrogen) atoms. The van der Waals surface area contributed by atoms with Crippen LogP contribution >= 0.6 is 0 Å². The molecule has 1 heterocycles. The summed E-state index contributed by atoms with van der Waals surface area (Å²) >= 11 is 0. The molecule has 6 heteroatoms. The Bertz CT molecular complexity index is 562. The third-order valence-electron chi connectivity index (χ3n) is 3.55. The Kier molecular flexibility index (Phi) is 5.40. The Hall–Kier alpha value is -1.79. The lowest BCUT2D eigenvalue weighted by atomic mass is 10.0. The summed E-state index contributed by atoms with van der Waals surface area (Å²) in [4.78, 5) is 12.2. The van der Waals surface area contributed by atoms with E-state index in [0.29, 0.717) is 6.61 Å². The van der Waals surface area contributed by atoms with Crippen LogP contribution in [0.15, 0.2) is 24.3 Å². The fourth-order valence-electron chi connectivity index (χ4n) is 2.52. The van der Waals surface area contributed by atoms with Gasteiger partial charge in [-0.05, 0) is 52.3 Å². The molecule has 1 aromatic rings. The maximum absolute atomic E-state index is 12.2. The van der Waals surface area contributed by atoms with Crippen molar-refractivity contribution in [1.82, 2.24) is 5.32 Å². The van der Waals surface area contributed by atoms with Crippen molar-refractivity contribution in [3.8, 4) is 5.75 Å². The Morgan fingerprint density at radius 1 is 1.29 bits per heavy atom. The lowest BCUT2D eigenvalue weighted by Gasteiger charge is -2.27. The topological polar surface area (TPSA) is 66.0 Å². The van der Waals surface area contributed by atoms with Crippen molar-refractivity contribution in [2.45, 2.75) is 58.2 Å². The molecule has 0 bridgehead atoms. The zero-order valence-electron chi connectivity index (χ0n) is 15.2. The summed E-state index contributed by atoms with van der Waals surface area (Å²) in [6.07, 6.45) is -0.794. The molecule has 134 valence electrons. The second kappa shape index (κ2) is 6.99. The Labute approximate surface area is 143 Å². The molecule has 0 radical (unpaired) electrons. The quantitative estimate of drug-likeness (QED) is 0.912. The van der Waals surface area contributed by atoms with Crippen LogP contribution in [0.4, 0.5) is 4.79 Å². The third-order valence-corrected chi connectivity index (χ3v) is 3.55. The summed E-state index contributed by atoms with van der Waals surface area (Å²) in [5.41, 5.74) is 0.328. The minimum Gasteiger partial charge on any atom is -0.497 e. The molecule has 2 rings (SSSR count). The third kappa shape index (κ3) is 5.11. The highest BCUT2D eigenvalue weighted by atomic mass is 16.7. The van der Waals surface area contributed by atoms with E-state index in [1.807, 2.05) is 58.9 Å². The maximum Gasteiger partial charge on any atom is 0.408 e. The number of rotatable bonds is 4.